The summed E-state index contributed by atoms with van der Waals surface area (Å²) in [5.74, 6) is 1.15. The predicted octanol–water partition coefficient (Wildman–Crippen LogP) is 4.34. The van der Waals surface area contributed by atoms with Crippen molar-refractivity contribution in [1.29, 1.82) is 0 Å². The van der Waals surface area contributed by atoms with E-state index in [-0.39, 0.29) is 17.9 Å². The summed E-state index contributed by atoms with van der Waals surface area (Å²) in [6, 6.07) is 10.2. The molecule has 144 valence electrons. The quantitative estimate of drug-likeness (QED) is 0.379. The van der Waals surface area contributed by atoms with Gasteiger partial charge in [0.05, 0.1) is 12.6 Å². The number of nitrogens with two attached hydrogens (primary N) is 1. The van der Waals surface area contributed by atoms with Crippen molar-refractivity contribution in [2.24, 2.45) is 5.92 Å². The number of thioether (sulfide) groups is 1. The van der Waals surface area contributed by atoms with Crippen molar-refractivity contribution in [2.45, 2.75) is 43.6 Å². The van der Waals surface area contributed by atoms with E-state index < -0.39 is 0 Å². The van der Waals surface area contributed by atoms with Gasteiger partial charge in [-0.3, -0.25) is 0 Å². The molecule has 2 heterocycles. The molecule has 8 heteroatoms. The second-order valence-corrected chi connectivity index (χ2v) is 9.22. The Bertz CT molecular complexity index is 884. The summed E-state index contributed by atoms with van der Waals surface area (Å²) >= 11 is 2.94. The lowest BCUT2D eigenvalue weighted by atomic mass is 10.2. The monoisotopic (exact) mass is 405 g/mol. The number of benzene rings is 1. The number of nitrogen functional groups attached to an aromatic ring is 1. The Morgan fingerprint density at radius 3 is 2.63 bits per heavy atom. The number of thiazole rings is 1. The van der Waals surface area contributed by atoms with Crippen LogP contribution in [-0.4, -0.2) is 32.7 Å². The Morgan fingerprint density at radius 2 is 1.96 bits per heavy atom. The van der Waals surface area contributed by atoms with E-state index >= 15 is 0 Å². The summed E-state index contributed by atoms with van der Waals surface area (Å²) in [6.45, 7) is 6.44. The molecule has 6 nitrogen and oxygen atoms in total. The van der Waals surface area contributed by atoms with Gasteiger partial charge < -0.3 is 16.2 Å². The molecule has 0 saturated heterocycles. The first kappa shape index (κ1) is 19.9. The molecule has 2 atom stereocenters. The maximum absolute atomic E-state index is 9.73. The van der Waals surface area contributed by atoms with Gasteiger partial charge in [-0.15, -0.1) is 0 Å². The van der Waals surface area contributed by atoms with Crippen LogP contribution in [0.25, 0.3) is 10.3 Å². The summed E-state index contributed by atoms with van der Waals surface area (Å²) in [5.41, 5.74) is 7.71. The molecule has 1 aromatic carbocycles. The largest absolute Gasteiger partial charge is 0.394 e. The molecule has 0 radical (unpaired) electrons. The second kappa shape index (κ2) is 8.86. The molecule has 0 aliphatic carbocycles. The number of fused-ring (bicyclic) bond motifs is 1. The van der Waals surface area contributed by atoms with Crippen molar-refractivity contribution in [1.82, 2.24) is 15.0 Å². The Morgan fingerprint density at radius 1 is 1.22 bits per heavy atom. The molecule has 0 aliphatic heterocycles. The molecule has 0 aliphatic rings. The normalized spacial score (nSPS) is 13.8. The average Bonchev–Trinajstić information content (AvgIpc) is 3.02. The number of hydrogen-bond acceptors (Lipinski definition) is 8. The minimum atomic E-state index is -0.0733. The molecular formula is C19H25N5OS2. The number of hydrogen-bond donors (Lipinski definition) is 3. The Kier molecular flexibility index (Phi) is 6.51. The highest BCUT2D eigenvalue weighted by molar-refractivity contribution is 7.99. The lowest BCUT2D eigenvalue weighted by Crippen LogP contribution is -2.26. The molecule has 2 aromatic heterocycles. The van der Waals surface area contributed by atoms with E-state index in [1.54, 1.807) is 11.8 Å². The van der Waals surface area contributed by atoms with E-state index in [2.05, 4.69) is 48.2 Å². The summed E-state index contributed by atoms with van der Waals surface area (Å²) in [5, 5.41) is 14.4. The summed E-state index contributed by atoms with van der Waals surface area (Å²) in [6.07, 6.45) is 0.846. The van der Waals surface area contributed by atoms with Crippen LogP contribution in [0.5, 0.6) is 0 Å². The highest BCUT2D eigenvalue weighted by atomic mass is 32.2. The van der Waals surface area contributed by atoms with Crippen molar-refractivity contribution < 1.29 is 5.11 Å². The number of rotatable bonds is 8. The Labute approximate surface area is 167 Å². The van der Waals surface area contributed by atoms with E-state index in [0.717, 1.165) is 11.1 Å². The lowest BCUT2D eigenvalue weighted by molar-refractivity contribution is 0.259. The van der Waals surface area contributed by atoms with Crippen LogP contribution < -0.4 is 11.1 Å². The van der Waals surface area contributed by atoms with Crippen LogP contribution >= 0.6 is 23.1 Å². The second-order valence-electron chi connectivity index (χ2n) is 6.88. The van der Waals surface area contributed by atoms with Crippen LogP contribution in [0.3, 0.4) is 0 Å². The molecule has 0 spiro atoms. The van der Waals surface area contributed by atoms with E-state index in [1.165, 1.54) is 16.9 Å². The first-order chi connectivity index (χ1) is 13.0. The Hall–Kier alpha value is -1.90. The van der Waals surface area contributed by atoms with E-state index in [9.17, 15) is 5.11 Å². The van der Waals surface area contributed by atoms with Gasteiger partial charge in [0.1, 0.15) is 4.70 Å². The third-order valence-electron chi connectivity index (χ3n) is 4.12. The van der Waals surface area contributed by atoms with Gasteiger partial charge in [0.15, 0.2) is 21.8 Å². The van der Waals surface area contributed by atoms with Crippen molar-refractivity contribution in [3.05, 3.63) is 35.9 Å². The number of nitrogens with zero attached hydrogens (tertiary/aromatic N) is 3. The molecule has 0 unspecified atom stereocenters. The third-order valence-corrected chi connectivity index (χ3v) is 6.02. The fraction of sp³-hybridized carbons (Fsp3) is 0.421. The van der Waals surface area contributed by atoms with Crippen molar-refractivity contribution >= 4 is 44.4 Å². The van der Waals surface area contributed by atoms with Gasteiger partial charge in [0.2, 0.25) is 0 Å². The van der Waals surface area contributed by atoms with Gasteiger partial charge in [0, 0.05) is 5.25 Å². The smallest absolute Gasteiger partial charge is 0.192 e. The summed E-state index contributed by atoms with van der Waals surface area (Å²) in [7, 11) is 0. The lowest BCUT2D eigenvalue weighted by Gasteiger charge is -2.19. The summed E-state index contributed by atoms with van der Waals surface area (Å²) in [4.78, 5) is 13.6. The number of anilines is 2. The van der Waals surface area contributed by atoms with Gasteiger partial charge in [-0.1, -0.05) is 67.3 Å². The van der Waals surface area contributed by atoms with Crippen LogP contribution in [0.1, 0.15) is 38.0 Å². The fourth-order valence-electron chi connectivity index (χ4n) is 2.86. The van der Waals surface area contributed by atoms with Crippen LogP contribution in [0.2, 0.25) is 0 Å². The van der Waals surface area contributed by atoms with Gasteiger partial charge in [-0.2, -0.15) is 0 Å². The molecule has 27 heavy (non-hydrogen) atoms. The first-order valence-corrected chi connectivity index (χ1v) is 10.7. The molecule has 4 N–H and O–H groups in total. The standard InChI is InChI=1S/C19H25N5OS2/c1-11(2)9-14(10-25)21-16-15-17(22-18(20)27-15)24-19(23-16)26-12(3)13-7-5-4-6-8-13/h4-8,11-12,14,25H,9-10H2,1-3H3,(H3,20,21,22,23,24)/t12-,14+/m0/s1/i11+2. The van der Waals surface area contributed by atoms with Crippen molar-refractivity contribution in [3.8, 4) is 0 Å². The van der Waals surface area contributed by atoms with Gasteiger partial charge in [-0.05, 0) is 24.8 Å². The van der Waals surface area contributed by atoms with Gasteiger partial charge in [-0.25, -0.2) is 15.0 Å². The zero-order valence-electron chi connectivity index (χ0n) is 15.7. The minimum absolute atomic E-state index is 0.0425. The molecule has 3 rings (SSSR count). The SMILES string of the molecule is C[C@H](Sc1nc(N[C@@H](CO)C[14CH](C)C)c2sc(N)nc2n1)c1ccccc1. The molecule has 0 saturated carbocycles. The van der Waals surface area contributed by atoms with Crippen molar-refractivity contribution in [2.75, 3.05) is 17.7 Å². The van der Waals surface area contributed by atoms with Crippen LogP contribution in [0.4, 0.5) is 10.9 Å². The fourth-order valence-corrected chi connectivity index (χ4v) is 4.48. The molecule has 3 aromatic rings. The van der Waals surface area contributed by atoms with Crippen LogP contribution in [0, 0.1) is 5.92 Å². The zero-order chi connectivity index (χ0) is 19.4. The molecule has 0 fully saturated rings. The number of aliphatic hydroxyl groups is 1. The summed E-state index contributed by atoms with van der Waals surface area (Å²) < 4.78 is 0.825. The number of aromatic nitrogens is 3. The van der Waals surface area contributed by atoms with E-state index in [0.29, 0.717) is 27.7 Å². The molecular weight excluding hydrogens is 380 g/mol. The van der Waals surface area contributed by atoms with Gasteiger partial charge in [0.25, 0.3) is 0 Å². The molecule has 0 bridgehead atoms. The first-order valence-electron chi connectivity index (χ1n) is 8.99. The predicted molar refractivity (Wildman–Crippen MR) is 114 cm³/mol. The highest BCUT2D eigenvalue weighted by Gasteiger charge is 2.18. The maximum atomic E-state index is 9.73. The zero-order valence-corrected chi connectivity index (χ0v) is 17.3. The van der Waals surface area contributed by atoms with Crippen LogP contribution in [0.15, 0.2) is 35.5 Å². The Balaban J connectivity index is 1.90. The topological polar surface area (TPSA) is 97.0 Å². The number of nitrogens with one attached hydrogen (secondary N) is 1. The van der Waals surface area contributed by atoms with Crippen LogP contribution in [-0.2, 0) is 0 Å². The number of aliphatic hydroxyl groups excluding tert-OH is 1. The van der Waals surface area contributed by atoms with Crippen molar-refractivity contribution in [3.63, 3.8) is 0 Å². The highest BCUT2D eigenvalue weighted by Crippen LogP contribution is 2.36. The van der Waals surface area contributed by atoms with E-state index in [4.69, 9.17) is 10.7 Å². The molecule has 0 amide bonds. The third kappa shape index (κ3) is 5.09. The minimum Gasteiger partial charge on any atom is -0.394 e. The average molecular weight is 406 g/mol. The maximum Gasteiger partial charge on any atom is 0.192 e. The van der Waals surface area contributed by atoms with Gasteiger partial charge >= 0.3 is 0 Å². The van der Waals surface area contributed by atoms with E-state index in [1.807, 2.05) is 18.2 Å².